The molecule has 1 heterocycles. The first-order chi connectivity index (χ1) is 9.63. The van der Waals surface area contributed by atoms with Crippen LogP contribution in [-0.4, -0.2) is 18.6 Å². The Labute approximate surface area is 131 Å². The van der Waals surface area contributed by atoms with Crippen LogP contribution in [0.3, 0.4) is 0 Å². The first-order valence-electron chi connectivity index (χ1n) is 7.92. The quantitative estimate of drug-likeness (QED) is 0.880. The van der Waals surface area contributed by atoms with Crippen molar-refractivity contribution in [2.24, 2.45) is 5.92 Å². The molecule has 1 saturated heterocycles. The average Bonchev–Trinajstić information content (AvgIpc) is 3.21. The van der Waals surface area contributed by atoms with Crippen molar-refractivity contribution in [3.63, 3.8) is 0 Å². The van der Waals surface area contributed by atoms with Gasteiger partial charge in [0.05, 0.1) is 0 Å². The molecule has 0 radical (unpaired) electrons. The minimum Gasteiger partial charge on any atom is -0.369 e. The van der Waals surface area contributed by atoms with E-state index >= 15 is 0 Å². The molecule has 1 N–H and O–H groups in total. The summed E-state index contributed by atoms with van der Waals surface area (Å²) in [4.78, 5) is 2.56. The van der Waals surface area contributed by atoms with Crippen LogP contribution in [0, 0.1) is 5.92 Å². The maximum absolute atomic E-state index is 3.75. The van der Waals surface area contributed by atoms with Gasteiger partial charge < -0.3 is 10.2 Å². The molecule has 1 aromatic carbocycles. The van der Waals surface area contributed by atoms with Gasteiger partial charge in [-0.15, -0.1) is 0 Å². The third kappa shape index (κ3) is 3.37. The van der Waals surface area contributed by atoms with Gasteiger partial charge in [-0.2, -0.15) is 0 Å². The molecule has 0 aromatic heterocycles. The Hall–Kier alpha value is -0.540. The summed E-state index contributed by atoms with van der Waals surface area (Å²) in [5, 5.41) is 3.58. The summed E-state index contributed by atoms with van der Waals surface area (Å²) in [6.45, 7) is 6.90. The highest BCUT2D eigenvalue weighted by Gasteiger charge is 2.24. The lowest BCUT2D eigenvalue weighted by Crippen LogP contribution is -2.40. The van der Waals surface area contributed by atoms with E-state index in [-0.39, 0.29) is 0 Å². The Morgan fingerprint density at radius 2 is 2.05 bits per heavy atom. The Morgan fingerprint density at radius 3 is 2.70 bits per heavy atom. The summed E-state index contributed by atoms with van der Waals surface area (Å²) in [5.74, 6) is 0.867. The normalized spacial score (nSPS) is 26.9. The topological polar surface area (TPSA) is 15.3 Å². The zero-order valence-corrected chi connectivity index (χ0v) is 14.1. The number of hydrogen-bond acceptors (Lipinski definition) is 2. The second-order valence-electron chi connectivity index (χ2n) is 6.60. The van der Waals surface area contributed by atoms with Gasteiger partial charge in [0.15, 0.2) is 0 Å². The van der Waals surface area contributed by atoms with Gasteiger partial charge in [-0.3, -0.25) is 0 Å². The van der Waals surface area contributed by atoms with E-state index in [1.165, 1.54) is 48.0 Å². The molecule has 0 spiro atoms. The van der Waals surface area contributed by atoms with Crippen LogP contribution in [-0.2, 0) is 6.54 Å². The van der Waals surface area contributed by atoms with Crippen LogP contribution in [0.2, 0.25) is 0 Å². The molecule has 2 fully saturated rings. The summed E-state index contributed by atoms with van der Waals surface area (Å²) in [6.07, 6.45) is 5.31. The molecule has 0 bridgehead atoms. The van der Waals surface area contributed by atoms with Crippen molar-refractivity contribution in [1.82, 2.24) is 5.32 Å². The minimum atomic E-state index is 0.654. The van der Waals surface area contributed by atoms with E-state index in [0.717, 1.165) is 18.5 Å². The van der Waals surface area contributed by atoms with E-state index < -0.39 is 0 Å². The smallest absolute Gasteiger partial charge is 0.0380 e. The van der Waals surface area contributed by atoms with Crippen molar-refractivity contribution in [1.29, 1.82) is 0 Å². The molecule has 2 atom stereocenters. The average molecular weight is 337 g/mol. The third-order valence-corrected chi connectivity index (χ3v) is 5.40. The highest BCUT2D eigenvalue weighted by atomic mass is 79.9. The van der Waals surface area contributed by atoms with Crippen LogP contribution in [0.1, 0.15) is 45.1 Å². The van der Waals surface area contributed by atoms with Crippen LogP contribution in [0.4, 0.5) is 5.69 Å². The number of anilines is 1. The van der Waals surface area contributed by atoms with Gasteiger partial charge in [-0.05, 0) is 56.2 Å². The monoisotopic (exact) mass is 336 g/mol. The van der Waals surface area contributed by atoms with Gasteiger partial charge in [0.25, 0.3) is 0 Å². The second-order valence-corrected chi connectivity index (χ2v) is 7.46. The summed E-state index contributed by atoms with van der Waals surface area (Å²) in [7, 11) is 0. The molecule has 1 aliphatic heterocycles. The largest absolute Gasteiger partial charge is 0.369 e. The number of rotatable bonds is 4. The molecule has 110 valence electrons. The van der Waals surface area contributed by atoms with Crippen molar-refractivity contribution >= 4 is 21.6 Å². The summed E-state index contributed by atoms with van der Waals surface area (Å²) >= 11 is 3.75. The molecule has 1 saturated carbocycles. The fourth-order valence-corrected chi connectivity index (χ4v) is 3.70. The van der Waals surface area contributed by atoms with Crippen LogP contribution >= 0.6 is 15.9 Å². The first-order valence-corrected chi connectivity index (χ1v) is 8.71. The van der Waals surface area contributed by atoms with E-state index in [9.17, 15) is 0 Å². The Kier molecular flexibility index (Phi) is 4.37. The van der Waals surface area contributed by atoms with Crippen molar-refractivity contribution in [2.75, 3.05) is 11.4 Å². The van der Waals surface area contributed by atoms with E-state index in [1.54, 1.807) is 0 Å². The summed E-state index contributed by atoms with van der Waals surface area (Å²) in [5.41, 5.74) is 2.74. The van der Waals surface area contributed by atoms with E-state index in [4.69, 9.17) is 0 Å². The molecule has 1 aromatic rings. The number of nitrogens with zero attached hydrogens (tertiary/aromatic N) is 1. The SMILES string of the molecule is CC1CCN(c2ccc(CNC3CC3)c(Br)c2)C(C)C1. The molecule has 2 nitrogen and oxygen atoms in total. The van der Waals surface area contributed by atoms with Gasteiger partial charge in [0.2, 0.25) is 0 Å². The lowest BCUT2D eigenvalue weighted by atomic mass is 9.93. The molecule has 20 heavy (non-hydrogen) atoms. The maximum Gasteiger partial charge on any atom is 0.0380 e. The van der Waals surface area contributed by atoms with Crippen LogP contribution < -0.4 is 10.2 Å². The molecule has 3 rings (SSSR count). The van der Waals surface area contributed by atoms with Crippen LogP contribution in [0.5, 0.6) is 0 Å². The molecular weight excluding hydrogens is 312 g/mol. The maximum atomic E-state index is 3.75. The number of benzene rings is 1. The highest BCUT2D eigenvalue weighted by Crippen LogP contribution is 2.31. The van der Waals surface area contributed by atoms with Gasteiger partial charge in [-0.1, -0.05) is 28.9 Å². The zero-order valence-electron chi connectivity index (χ0n) is 12.5. The summed E-state index contributed by atoms with van der Waals surface area (Å²) < 4.78 is 1.24. The van der Waals surface area contributed by atoms with Gasteiger partial charge >= 0.3 is 0 Å². The predicted molar refractivity (Wildman–Crippen MR) is 89.2 cm³/mol. The number of nitrogens with one attached hydrogen (secondary N) is 1. The Balaban J connectivity index is 1.68. The summed E-state index contributed by atoms with van der Waals surface area (Å²) in [6, 6.07) is 8.29. The third-order valence-electron chi connectivity index (χ3n) is 4.67. The molecule has 2 aliphatic rings. The minimum absolute atomic E-state index is 0.654. The molecular formula is C17H25BrN2. The molecule has 1 aliphatic carbocycles. The van der Waals surface area contributed by atoms with Crippen molar-refractivity contribution in [3.8, 4) is 0 Å². The first kappa shape index (κ1) is 14.4. The van der Waals surface area contributed by atoms with E-state index in [0.29, 0.717) is 6.04 Å². The van der Waals surface area contributed by atoms with Crippen LogP contribution in [0.25, 0.3) is 0 Å². The standard InChI is InChI=1S/C17H25BrN2/c1-12-7-8-20(13(2)9-12)16-6-3-14(17(18)10-16)11-19-15-4-5-15/h3,6,10,12-13,15,19H,4-5,7-9,11H2,1-2H3. The van der Waals surface area contributed by atoms with Crippen LogP contribution in [0.15, 0.2) is 22.7 Å². The van der Waals surface area contributed by atoms with Gasteiger partial charge in [-0.25, -0.2) is 0 Å². The Bertz CT molecular complexity index is 470. The lowest BCUT2D eigenvalue weighted by Gasteiger charge is -2.38. The fourth-order valence-electron chi connectivity index (χ4n) is 3.19. The van der Waals surface area contributed by atoms with E-state index in [1.807, 2.05) is 0 Å². The van der Waals surface area contributed by atoms with Gasteiger partial charge in [0, 0.05) is 35.3 Å². The number of halogens is 1. The Morgan fingerprint density at radius 1 is 1.25 bits per heavy atom. The number of hydrogen-bond donors (Lipinski definition) is 1. The predicted octanol–water partition coefficient (Wildman–Crippen LogP) is 4.33. The zero-order chi connectivity index (χ0) is 14.1. The van der Waals surface area contributed by atoms with Crippen molar-refractivity contribution < 1.29 is 0 Å². The molecule has 3 heteroatoms. The highest BCUT2D eigenvalue weighted by molar-refractivity contribution is 9.10. The second kappa shape index (κ2) is 6.07. The molecule has 0 amide bonds. The molecule has 2 unspecified atom stereocenters. The van der Waals surface area contributed by atoms with Crippen molar-refractivity contribution in [3.05, 3.63) is 28.2 Å². The number of piperidine rings is 1. The van der Waals surface area contributed by atoms with E-state index in [2.05, 4.69) is 58.2 Å². The lowest BCUT2D eigenvalue weighted by molar-refractivity contribution is 0.378. The van der Waals surface area contributed by atoms with Gasteiger partial charge in [0.1, 0.15) is 0 Å². The fraction of sp³-hybridized carbons (Fsp3) is 0.647. The van der Waals surface area contributed by atoms with Crippen molar-refractivity contribution in [2.45, 2.75) is 58.2 Å².